The van der Waals surface area contributed by atoms with Crippen LogP contribution in [0.4, 0.5) is 10.5 Å². The fourth-order valence-corrected chi connectivity index (χ4v) is 2.32. The number of aliphatic imine (C=N–C) groups is 1. The second-order valence-corrected chi connectivity index (χ2v) is 5.74. The molecule has 0 atom stereocenters. The number of guanidine groups is 1. The maximum atomic E-state index is 11.5. The molecule has 1 aromatic carbocycles. The number of carbonyl (C=O) groups excluding carboxylic acids is 1. The van der Waals surface area contributed by atoms with Gasteiger partial charge in [-0.1, -0.05) is 17.7 Å². The smallest absolute Gasteiger partial charge is 0.348 e. The van der Waals surface area contributed by atoms with Crippen LogP contribution in [-0.4, -0.2) is 26.7 Å². The van der Waals surface area contributed by atoms with Gasteiger partial charge >= 0.3 is 6.03 Å². The molecule has 0 saturated carbocycles. The van der Waals surface area contributed by atoms with Gasteiger partial charge in [-0.15, -0.1) is 0 Å². The van der Waals surface area contributed by atoms with Crippen LogP contribution in [-0.2, 0) is 9.84 Å². The van der Waals surface area contributed by atoms with Crippen molar-refractivity contribution in [2.75, 3.05) is 11.6 Å². The van der Waals surface area contributed by atoms with Gasteiger partial charge in [-0.05, 0) is 12.1 Å². The molecule has 0 aliphatic carbocycles. The average Bonchev–Trinajstić information content (AvgIpc) is 2.18. The molecule has 0 bridgehead atoms. The summed E-state index contributed by atoms with van der Waals surface area (Å²) in [5, 5.41) is 2.29. The van der Waals surface area contributed by atoms with Crippen molar-refractivity contribution < 1.29 is 13.2 Å². The van der Waals surface area contributed by atoms with E-state index in [0.717, 1.165) is 6.26 Å². The number of para-hydroxylation sites is 1. The van der Waals surface area contributed by atoms with E-state index < -0.39 is 21.8 Å². The molecule has 0 heterocycles. The Balaban J connectivity index is 3.24. The summed E-state index contributed by atoms with van der Waals surface area (Å²) in [6, 6.07) is 3.29. The lowest BCUT2D eigenvalue weighted by Gasteiger charge is -2.09. The van der Waals surface area contributed by atoms with Gasteiger partial charge in [-0.3, -0.25) is 0 Å². The number of amides is 2. The van der Waals surface area contributed by atoms with Gasteiger partial charge in [0, 0.05) is 6.26 Å². The number of halogens is 1. The van der Waals surface area contributed by atoms with Crippen LogP contribution in [0.25, 0.3) is 0 Å². The zero-order valence-electron chi connectivity index (χ0n) is 9.34. The van der Waals surface area contributed by atoms with E-state index in [-0.39, 0.29) is 15.6 Å². The molecular weight excluding hydrogens is 280 g/mol. The molecule has 0 aromatic heterocycles. The van der Waals surface area contributed by atoms with E-state index in [9.17, 15) is 13.2 Å². The Labute approximate surface area is 109 Å². The highest BCUT2D eigenvalue weighted by Gasteiger charge is 2.17. The summed E-state index contributed by atoms with van der Waals surface area (Å²) in [4.78, 5) is 14.4. The van der Waals surface area contributed by atoms with Gasteiger partial charge in [0.1, 0.15) is 0 Å². The van der Waals surface area contributed by atoms with E-state index in [2.05, 4.69) is 10.3 Å². The maximum absolute atomic E-state index is 11.5. The minimum atomic E-state index is -3.54. The molecule has 1 rings (SSSR count). The second-order valence-electron chi connectivity index (χ2n) is 3.35. The Bertz CT molecular complexity index is 608. The highest BCUT2D eigenvalue weighted by atomic mass is 35.5. The normalized spacial score (nSPS) is 10.8. The van der Waals surface area contributed by atoms with Crippen LogP contribution >= 0.6 is 11.6 Å². The van der Waals surface area contributed by atoms with Crippen molar-refractivity contribution in [3.05, 3.63) is 23.2 Å². The van der Waals surface area contributed by atoms with Crippen LogP contribution in [0.15, 0.2) is 28.1 Å². The summed E-state index contributed by atoms with van der Waals surface area (Å²) in [7, 11) is -3.54. The lowest BCUT2D eigenvalue weighted by molar-refractivity contribution is 0.259. The van der Waals surface area contributed by atoms with Gasteiger partial charge in [0.2, 0.25) is 0 Å². The first-order valence-corrected chi connectivity index (χ1v) is 6.88. The first kappa shape index (κ1) is 14.3. The molecular formula is C9H11ClN4O3S. The lowest BCUT2D eigenvalue weighted by Crippen LogP contribution is -2.25. The molecule has 0 unspecified atom stereocenters. The van der Waals surface area contributed by atoms with Crippen LogP contribution in [0.3, 0.4) is 0 Å². The average molecular weight is 291 g/mol. The molecule has 9 heteroatoms. The third-order valence-corrected chi connectivity index (χ3v) is 3.29. The van der Waals surface area contributed by atoms with Crippen molar-refractivity contribution in [1.29, 1.82) is 0 Å². The number of sulfone groups is 1. The van der Waals surface area contributed by atoms with Crippen LogP contribution in [0, 0.1) is 0 Å². The third-order valence-electron chi connectivity index (χ3n) is 1.84. The molecule has 5 N–H and O–H groups in total. The van der Waals surface area contributed by atoms with Crippen LogP contribution in [0.5, 0.6) is 0 Å². The number of nitrogens with one attached hydrogen (secondary N) is 1. The molecule has 2 amide bonds. The summed E-state index contributed by atoms with van der Waals surface area (Å²) in [5.74, 6) is -0.444. The first-order chi connectivity index (χ1) is 8.21. The summed E-state index contributed by atoms with van der Waals surface area (Å²) in [6.45, 7) is 0. The fraction of sp³-hybridized carbons (Fsp3) is 0.111. The number of hydrogen-bond acceptors (Lipinski definition) is 3. The number of anilines is 1. The fourth-order valence-electron chi connectivity index (χ4n) is 1.19. The molecule has 0 fully saturated rings. The van der Waals surface area contributed by atoms with Crippen LogP contribution in [0.2, 0.25) is 5.02 Å². The minimum absolute atomic E-state index is 0.0586. The number of benzene rings is 1. The van der Waals surface area contributed by atoms with Crippen molar-refractivity contribution in [3.8, 4) is 0 Å². The van der Waals surface area contributed by atoms with Crippen LogP contribution < -0.4 is 16.8 Å². The number of carbonyl (C=O) groups is 1. The zero-order chi connectivity index (χ0) is 13.9. The lowest BCUT2D eigenvalue weighted by atomic mass is 10.3. The molecule has 98 valence electrons. The SMILES string of the molecule is CS(=O)(=O)c1cccc(Cl)c1NC(=O)N=C(N)N. The Morgan fingerprint density at radius 2 is 2.00 bits per heavy atom. The van der Waals surface area contributed by atoms with Crippen molar-refractivity contribution in [2.24, 2.45) is 16.5 Å². The first-order valence-electron chi connectivity index (χ1n) is 4.61. The van der Waals surface area contributed by atoms with Gasteiger partial charge < -0.3 is 16.8 Å². The Kier molecular flexibility index (Phi) is 4.15. The quantitative estimate of drug-likeness (QED) is 0.541. The van der Waals surface area contributed by atoms with E-state index in [0.29, 0.717) is 0 Å². The van der Waals surface area contributed by atoms with Gasteiger partial charge in [-0.25, -0.2) is 13.2 Å². The predicted molar refractivity (Wildman–Crippen MR) is 69.4 cm³/mol. The summed E-state index contributed by atoms with van der Waals surface area (Å²) >= 11 is 5.83. The summed E-state index contributed by atoms with van der Waals surface area (Å²) in [6.07, 6.45) is 0.995. The Hall–Kier alpha value is -1.80. The maximum Gasteiger partial charge on any atom is 0.348 e. The van der Waals surface area contributed by atoms with Crippen molar-refractivity contribution in [3.63, 3.8) is 0 Å². The van der Waals surface area contributed by atoms with E-state index in [1.165, 1.54) is 18.2 Å². The van der Waals surface area contributed by atoms with Crippen molar-refractivity contribution in [1.82, 2.24) is 0 Å². The highest BCUT2D eigenvalue weighted by molar-refractivity contribution is 7.90. The molecule has 7 nitrogen and oxygen atoms in total. The number of hydrogen-bond donors (Lipinski definition) is 3. The van der Waals surface area contributed by atoms with Gasteiger partial charge in [0.25, 0.3) is 0 Å². The number of rotatable bonds is 2. The van der Waals surface area contributed by atoms with Crippen molar-refractivity contribution >= 4 is 39.1 Å². The third kappa shape index (κ3) is 3.60. The molecule has 1 aromatic rings. The monoisotopic (exact) mass is 290 g/mol. The molecule has 0 saturated heterocycles. The molecule has 0 spiro atoms. The number of urea groups is 1. The Morgan fingerprint density at radius 1 is 1.39 bits per heavy atom. The molecule has 0 aliphatic rings. The highest BCUT2D eigenvalue weighted by Crippen LogP contribution is 2.29. The van der Waals surface area contributed by atoms with Crippen molar-refractivity contribution in [2.45, 2.75) is 4.90 Å². The van der Waals surface area contributed by atoms with Crippen LogP contribution in [0.1, 0.15) is 0 Å². The van der Waals surface area contributed by atoms with E-state index in [1.54, 1.807) is 0 Å². The summed E-state index contributed by atoms with van der Waals surface area (Å²) < 4.78 is 23.0. The second kappa shape index (κ2) is 5.23. The van der Waals surface area contributed by atoms with E-state index in [4.69, 9.17) is 23.1 Å². The molecule has 18 heavy (non-hydrogen) atoms. The summed E-state index contributed by atoms with van der Waals surface area (Å²) in [5.41, 5.74) is 9.99. The molecule has 0 aliphatic heterocycles. The molecule has 0 radical (unpaired) electrons. The number of nitrogens with zero attached hydrogens (tertiary/aromatic N) is 1. The minimum Gasteiger partial charge on any atom is -0.370 e. The topological polar surface area (TPSA) is 128 Å². The Morgan fingerprint density at radius 3 is 2.50 bits per heavy atom. The standard InChI is InChI=1S/C9H11ClN4O3S/c1-18(16,17)6-4-2-3-5(10)7(6)13-9(15)14-8(11)12/h2-4H,1H3,(H5,11,12,13,14,15). The van der Waals surface area contributed by atoms with Gasteiger partial charge in [-0.2, -0.15) is 4.99 Å². The van der Waals surface area contributed by atoms with E-state index in [1.807, 2.05) is 0 Å². The van der Waals surface area contributed by atoms with Gasteiger partial charge in [0.05, 0.1) is 15.6 Å². The van der Waals surface area contributed by atoms with E-state index >= 15 is 0 Å². The number of nitrogens with two attached hydrogens (primary N) is 2. The van der Waals surface area contributed by atoms with Gasteiger partial charge in [0.15, 0.2) is 15.8 Å². The largest absolute Gasteiger partial charge is 0.370 e. The predicted octanol–water partition coefficient (Wildman–Crippen LogP) is 0.549. The zero-order valence-corrected chi connectivity index (χ0v) is 10.9.